The zero-order valence-electron chi connectivity index (χ0n) is 10.6. The van der Waals surface area contributed by atoms with Gasteiger partial charge in [-0.3, -0.25) is 4.98 Å². The molecule has 1 unspecified atom stereocenters. The zero-order valence-corrected chi connectivity index (χ0v) is 11.4. The van der Waals surface area contributed by atoms with E-state index in [1.165, 1.54) is 25.7 Å². The Hall–Kier alpha value is -1.16. The van der Waals surface area contributed by atoms with E-state index in [1.54, 1.807) is 6.20 Å². The van der Waals surface area contributed by atoms with E-state index in [2.05, 4.69) is 24.1 Å². The molecule has 0 saturated carbocycles. The predicted octanol–water partition coefficient (Wildman–Crippen LogP) is 3.10. The number of thiocarbonyl (C=S) groups is 1. The smallest absolute Gasteiger partial charge is 0.122 e. The lowest BCUT2D eigenvalue weighted by molar-refractivity contribution is 0.615. The van der Waals surface area contributed by atoms with Crippen LogP contribution in [0.2, 0.25) is 0 Å². The van der Waals surface area contributed by atoms with Crippen molar-refractivity contribution in [3.63, 3.8) is 0 Å². The monoisotopic (exact) mass is 251 g/mol. The van der Waals surface area contributed by atoms with E-state index >= 15 is 0 Å². The summed E-state index contributed by atoms with van der Waals surface area (Å²) in [6.45, 7) is 4.41. The van der Waals surface area contributed by atoms with Gasteiger partial charge in [0.25, 0.3) is 0 Å². The lowest BCUT2D eigenvalue weighted by Gasteiger charge is -2.14. The molecule has 0 aliphatic heterocycles. The van der Waals surface area contributed by atoms with Gasteiger partial charge in [0.15, 0.2) is 0 Å². The van der Waals surface area contributed by atoms with Crippen molar-refractivity contribution in [2.45, 2.75) is 45.6 Å². The van der Waals surface area contributed by atoms with Crippen LogP contribution in [-0.2, 0) is 0 Å². The SMILES string of the molecule is CCCCCC(C)Nc1ccc(C(N)=S)nc1. The standard InChI is InChI=1S/C13H21N3S/c1-3-4-5-6-10(2)16-11-7-8-12(13(14)17)15-9-11/h7-10,16H,3-6H2,1-2H3,(H2,14,17). The minimum atomic E-state index is 0.340. The summed E-state index contributed by atoms with van der Waals surface area (Å²) in [5.41, 5.74) is 7.19. The Labute approximate surface area is 109 Å². The summed E-state index contributed by atoms with van der Waals surface area (Å²) >= 11 is 4.86. The van der Waals surface area contributed by atoms with Gasteiger partial charge < -0.3 is 11.1 Å². The molecule has 1 atom stereocenters. The summed E-state index contributed by atoms with van der Waals surface area (Å²) in [4.78, 5) is 4.54. The second kappa shape index (κ2) is 7.22. The van der Waals surface area contributed by atoms with Crippen molar-refractivity contribution in [2.24, 2.45) is 5.73 Å². The van der Waals surface area contributed by atoms with Crippen LogP contribution in [0.4, 0.5) is 5.69 Å². The third-order valence-corrected chi connectivity index (χ3v) is 2.88. The molecule has 1 aromatic heterocycles. The van der Waals surface area contributed by atoms with Gasteiger partial charge in [-0.1, -0.05) is 38.4 Å². The fourth-order valence-corrected chi connectivity index (χ4v) is 1.80. The molecule has 3 N–H and O–H groups in total. The molecule has 0 spiro atoms. The highest BCUT2D eigenvalue weighted by Crippen LogP contribution is 2.11. The summed E-state index contributed by atoms with van der Waals surface area (Å²) in [6, 6.07) is 4.29. The van der Waals surface area contributed by atoms with Gasteiger partial charge in [-0.2, -0.15) is 0 Å². The average molecular weight is 251 g/mol. The lowest BCUT2D eigenvalue weighted by atomic mass is 10.1. The Bertz CT molecular complexity index is 348. The molecule has 94 valence electrons. The molecule has 17 heavy (non-hydrogen) atoms. The van der Waals surface area contributed by atoms with E-state index in [-0.39, 0.29) is 0 Å². The lowest BCUT2D eigenvalue weighted by Crippen LogP contribution is -2.16. The number of nitrogens with zero attached hydrogens (tertiary/aromatic N) is 1. The van der Waals surface area contributed by atoms with Crippen LogP contribution in [0.1, 0.15) is 45.2 Å². The maximum Gasteiger partial charge on any atom is 0.122 e. The van der Waals surface area contributed by atoms with Crippen LogP contribution >= 0.6 is 12.2 Å². The largest absolute Gasteiger partial charge is 0.388 e. The number of aromatic nitrogens is 1. The normalized spacial score (nSPS) is 12.1. The van der Waals surface area contributed by atoms with Gasteiger partial charge in [0.05, 0.1) is 17.6 Å². The predicted molar refractivity (Wildman–Crippen MR) is 77.4 cm³/mol. The number of hydrogen-bond acceptors (Lipinski definition) is 3. The van der Waals surface area contributed by atoms with E-state index in [1.807, 2.05) is 12.1 Å². The first kappa shape index (κ1) is 13.9. The van der Waals surface area contributed by atoms with Crippen LogP contribution < -0.4 is 11.1 Å². The highest BCUT2D eigenvalue weighted by molar-refractivity contribution is 7.80. The molecule has 0 aromatic carbocycles. The van der Waals surface area contributed by atoms with E-state index in [4.69, 9.17) is 18.0 Å². The van der Waals surface area contributed by atoms with Gasteiger partial charge in [-0.15, -0.1) is 0 Å². The molecule has 0 aliphatic rings. The van der Waals surface area contributed by atoms with Crippen molar-refractivity contribution in [3.05, 3.63) is 24.0 Å². The molecular weight excluding hydrogens is 230 g/mol. The number of nitrogens with one attached hydrogen (secondary N) is 1. The van der Waals surface area contributed by atoms with Crippen LogP contribution in [0.15, 0.2) is 18.3 Å². The van der Waals surface area contributed by atoms with Crippen LogP contribution in [0, 0.1) is 0 Å². The zero-order chi connectivity index (χ0) is 12.7. The minimum absolute atomic E-state index is 0.340. The molecule has 0 aliphatic carbocycles. The second-order valence-electron chi connectivity index (χ2n) is 4.34. The molecule has 0 radical (unpaired) electrons. The van der Waals surface area contributed by atoms with Crippen LogP contribution in [0.25, 0.3) is 0 Å². The summed E-state index contributed by atoms with van der Waals surface area (Å²) < 4.78 is 0. The topological polar surface area (TPSA) is 50.9 Å². The van der Waals surface area contributed by atoms with Gasteiger partial charge in [-0.05, 0) is 25.5 Å². The van der Waals surface area contributed by atoms with Crippen molar-refractivity contribution in [3.8, 4) is 0 Å². The quantitative estimate of drug-likeness (QED) is 0.577. The number of unbranched alkanes of at least 4 members (excludes halogenated alkanes) is 2. The fraction of sp³-hybridized carbons (Fsp3) is 0.538. The Morgan fingerprint density at radius 3 is 2.76 bits per heavy atom. The number of pyridine rings is 1. The third kappa shape index (κ3) is 5.13. The molecule has 0 fully saturated rings. The fourth-order valence-electron chi connectivity index (χ4n) is 1.68. The Balaban J connectivity index is 2.43. The van der Waals surface area contributed by atoms with Gasteiger partial charge in [-0.25, -0.2) is 0 Å². The first-order valence-electron chi connectivity index (χ1n) is 6.16. The molecule has 1 aromatic rings. The third-order valence-electron chi connectivity index (χ3n) is 2.67. The summed E-state index contributed by atoms with van der Waals surface area (Å²) in [5, 5.41) is 3.42. The van der Waals surface area contributed by atoms with Crippen LogP contribution in [-0.4, -0.2) is 16.0 Å². The maximum absolute atomic E-state index is 5.49. The minimum Gasteiger partial charge on any atom is -0.388 e. The van der Waals surface area contributed by atoms with E-state index in [9.17, 15) is 0 Å². The van der Waals surface area contributed by atoms with Crippen LogP contribution in [0.5, 0.6) is 0 Å². The van der Waals surface area contributed by atoms with Gasteiger partial charge in [0.2, 0.25) is 0 Å². The van der Waals surface area contributed by atoms with Crippen molar-refractivity contribution >= 4 is 22.9 Å². The molecule has 0 saturated heterocycles. The first-order chi connectivity index (χ1) is 8.13. The highest BCUT2D eigenvalue weighted by atomic mass is 32.1. The van der Waals surface area contributed by atoms with E-state index < -0.39 is 0 Å². The van der Waals surface area contributed by atoms with Crippen molar-refractivity contribution in [2.75, 3.05) is 5.32 Å². The van der Waals surface area contributed by atoms with Gasteiger partial charge >= 0.3 is 0 Å². The Morgan fingerprint density at radius 1 is 1.47 bits per heavy atom. The summed E-state index contributed by atoms with van der Waals surface area (Å²) in [6.07, 6.45) is 6.79. The van der Waals surface area contributed by atoms with Gasteiger partial charge in [0, 0.05) is 6.04 Å². The van der Waals surface area contributed by atoms with Crippen molar-refractivity contribution in [1.29, 1.82) is 0 Å². The average Bonchev–Trinajstić information content (AvgIpc) is 2.30. The molecular formula is C13H21N3S. The van der Waals surface area contributed by atoms with Crippen molar-refractivity contribution in [1.82, 2.24) is 4.98 Å². The first-order valence-corrected chi connectivity index (χ1v) is 6.56. The molecule has 4 heteroatoms. The summed E-state index contributed by atoms with van der Waals surface area (Å²) in [5.74, 6) is 0. The van der Waals surface area contributed by atoms with Crippen LogP contribution in [0.3, 0.4) is 0 Å². The highest BCUT2D eigenvalue weighted by Gasteiger charge is 2.03. The Kier molecular flexibility index (Phi) is 5.91. The number of anilines is 1. The van der Waals surface area contributed by atoms with E-state index in [0.29, 0.717) is 16.7 Å². The Morgan fingerprint density at radius 2 is 2.24 bits per heavy atom. The molecule has 1 rings (SSSR count). The maximum atomic E-state index is 5.49. The summed E-state index contributed by atoms with van der Waals surface area (Å²) in [7, 11) is 0. The van der Waals surface area contributed by atoms with Crippen molar-refractivity contribution < 1.29 is 0 Å². The van der Waals surface area contributed by atoms with Gasteiger partial charge in [0.1, 0.15) is 4.99 Å². The number of rotatable bonds is 7. The number of nitrogens with two attached hydrogens (primary N) is 1. The molecule has 1 heterocycles. The molecule has 0 amide bonds. The molecule has 3 nitrogen and oxygen atoms in total. The molecule has 0 bridgehead atoms. The number of hydrogen-bond donors (Lipinski definition) is 2. The second-order valence-corrected chi connectivity index (χ2v) is 4.78. The van der Waals surface area contributed by atoms with E-state index in [0.717, 1.165) is 5.69 Å².